The van der Waals surface area contributed by atoms with Crippen LogP contribution in [-0.4, -0.2) is 29.0 Å². The Bertz CT molecular complexity index is 498. The summed E-state index contributed by atoms with van der Waals surface area (Å²) < 4.78 is 0. The average molecular weight is 291 g/mol. The zero-order chi connectivity index (χ0) is 14.5. The number of amides is 2. The van der Waals surface area contributed by atoms with E-state index in [4.69, 9.17) is 18.0 Å². The molecule has 2 amide bonds. The lowest BCUT2D eigenvalue weighted by molar-refractivity contribution is 0.203. The molecule has 5 heteroatoms. The average Bonchev–Trinajstić information content (AvgIpc) is 2.91. The Labute approximate surface area is 125 Å². The molecule has 20 heavy (non-hydrogen) atoms. The van der Waals surface area contributed by atoms with E-state index >= 15 is 0 Å². The summed E-state index contributed by atoms with van der Waals surface area (Å²) >= 11 is 4.97. The monoisotopic (exact) mass is 291 g/mol. The van der Waals surface area contributed by atoms with Gasteiger partial charge < -0.3 is 16.0 Å². The van der Waals surface area contributed by atoms with E-state index in [2.05, 4.69) is 5.32 Å². The summed E-state index contributed by atoms with van der Waals surface area (Å²) in [5.41, 5.74) is 7.48. The molecule has 1 fully saturated rings. The van der Waals surface area contributed by atoms with Crippen molar-refractivity contribution in [2.45, 2.75) is 38.3 Å². The summed E-state index contributed by atoms with van der Waals surface area (Å²) in [6.45, 7) is 0.551. The Morgan fingerprint density at radius 1 is 1.45 bits per heavy atom. The first-order chi connectivity index (χ1) is 9.56. The molecular weight excluding hydrogens is 270 g/mol. The molecular formula is C15H21N3OS. The quantitative estimate of drug-likeness (QED) is 0.838. The van der Waals surface area contributed by atoms with Crippen LogP contribution in [0.1, 0.15) is 36.8 Å². The maximum Gasteiger partial charge on any atom is 0.317 e. The minimum Gasteiger partial charge on any atom is -0.389 e. The van der Waals surface area contributed by atoms with Crippen molar-refractivity contribution in [2.75, 3.05) is 7.05 Å². The van der Waals surface area contributed by atoms with Gasteiger partial charge in [0.2, 0.25) is 0 Å². The molecule has 0 radical (unpaired) electrons. The number of benzene rings is 1. The molecule has 1 aliphatic rings. The predicted octanol–water partition coefficient (Wildman–Crippen LogP) is 2.40. The van der Waals surface area contributed by atoms with E-state index in [-0.39, 0.29) is 6.03 Å². The van der Waals surface area contributed by atoms with Gasteiger partial charge in [0.25, 0.3) is 0 Å². The van der Waals surface area contributed by atoms with Crippen LogP contribution in [0.2, 0.25) is 0 Å². The normalized spacial score (nSPS) is 15.1. The van der Waals surface area contributed by atoms with Crippen LogP contribution in [0.25, 0.3) is 0 Å². The van der Waals surface area contributed by atoms with E-state index < -0.39 is 0 Å². The first-order valence-corrected chi connectivity index (χ1v) is 7.37. The summed E-state index contributed by atoms with van der Waals surface area (Å²) in [6, 6.07) is 8.02. The lowest BCUT2D eigenvalue weighted by Gasteiger charge is -2.21. The third-order valence-corrected chi connectivity index (χ3v) is 3.90. The van der Waals surface area contributed by atoms with Crippen LogP contribution >= 0.6 is 12.2 Å². The SMILES string of the molecule is CN(Cc1cccc(C(N)=S)c1)C(=O)NC1CCCC1. The van der Waals surface area contributed by atoms with Crippen molar-refractivity contribution in [3.63, 3.8) is 0 Å². The molecule has 0 aliphatic heterocycles. The molecule has 1 aromatic rings. The highest BCUT2D eigenvalue weighted by Gasteiger charge is 2.19. The van der Waals surface area contributed by atoms with Crippen LogP contribution in [0, 0.1) is 0 Å². The lowest BCUT2D eigenvalue weighted by Crippen LogP contribution is -2.41. The Morgan fingerprint density at radius 2 is 2.15 bits per heavy atom. The second-order valence-corrected chi connectivity index (χ2v) is 5.79. The van der Waals surface area contributed by atoms with Crippen molar-refractivity contribution in [3.05, 3.63) is 35.4 Å². The van der Waals surface area contributed by atoms with Crippen LogP contribution in [0.15, 0.2) is 24.3 Å². The second kappa shape index (κ2) is 6.70. The summed E-state index contributed by atoms with van der Waals surface area (Å²) in [4.78, 5) is 14.2. The fourth-order valence-corrected chi connectivity index (χ4v) is 2.65. The highest BCUT2D eigenvalue weighted by molar-refractivity contribution is 7.80. The Kier molecular flexibility index (Phi) is 4.95. The number of nitrogens with zero attached hydrogens (tertiary/aromatic N) is 1. The van der Waals surface area contributed by atoms with Gasteiger partial charge in [-0.3, -0.25) is 0 Å². The number of carbonyl (C=O) groups excluding carboxylic acids is 1. The van der Waals surface area contributed by atoms with Crippen molar-refractivity contribution in [1.29, 1.82) is 0 Å². The number of hydrogen-bond donors (Lipinski definition) is 2. The Morgan fingerprint density at radius 3 is 2.80 bits per heavy atom. The third kappa shape index (κ3) is 3.93. The standard InChI is InChI=1S/C15H21N3OS/c1-18(15(19)17-13-7-2-3-8-13)10-11-5-4-6-12(9-11)14(16)20/h4-6,9,13H,2-3,7-8,10H2,1H3,(H2,16,20)(H,17,19). The van der Waals surface area contributed by atoms with Crippen molar-refractivity contribution >= 4 is 23.2 Å². The highest BCUT2D eigenvalue weighted by Crippen LogP contribution is 2.18. The number of carbonyl (C=O) groups is 1. The van der Waals surface area contributed by atoms with Gasteiger partial charge in [-0.1, -0.05) is 43.3 Å². The van der Waals surface area contributed by atoms with E-state index in [0.717, 1.165) is 24.0 Å². The van der Waals surface area contributed by atoms with Crippen molar-refractivity contribution in [3.8, 4) is 0 Å². The molecule has 1 saturated carbocycles. The predicted molar refractivity (Wildman–Crippen MR) is 84.6 cm³/mol. The van der Waals surface area contributed by atoms with Crippen LogP contribution in [0.4, 0.5) is 4.79 Å². The molecule has 2 rings (SSSR count). The fourth-order valence-electron chi connectivity index (χ4n) is 2.52. The molecule has 3 N–H and O–H groups in total. The largest absolute Gasteiger partial charge is 0.389 e. The second-order valence-electron chi connectivity index (χ2n) is 5.35. The molecule has 0 atom stereocenters. The fraction of sp³-hybridized carbons (Fsp3) is 0.467. The third-order valence-electron chi connectivity index (χ3n) is 3.66. The van der Waals surface area contributed by atoms with Gasteiger partial charge in [-0.2, -0.15) is 0 Å². The van der Waals surface area contributed by atoms with Gasteiger partial charge >= 0.3 is 6.03 Å². The zero-order valence-electron chi connectivity index (χ0n) is 11.8. The van der Waals surface area contributed by atoms with Gasteiger partial charge in [0.1, 0.15) is 4.99 Å². The zero-order valence-corrected chi connectivity index (χ0v) is 12.6. The number of nitrogens with one attached hydrogen (secondary N) is 1. The van der Waals surface area contributed by atoms with Gasteiger partial charge in [-0.15, -0.1) is 0 Å². The maximum absolute atomic E-state index is 12.1. The van der Waals surface area contributed by atoms with E-state index in [0.29, 0.717) is 17.6 Å². The Balaban J connectivity index is 1.92. The first-order valence-electron chi connectivity index (χ1n) is 6.96. The number of thiocarbonyl (C=S) groups is 1. The van der Waals surface area contributed by atoms with Crippen molar-refractivity contribution in [2.24, 2.45) is 5.73 Å². The smallest absolute Gasteiger partial charge is 0.317 e. The summed E-state index contributed by atoms with van der Waals surface area (Å²) in [7, 11) is 1.80. The maximum atomic E-state index is 12.1. The van der Waals surface area contributed by atoms with E-state index in [1.165, 1.54) is 12.8 Å². The topological polar surface area (TPSA) is 58.4 Å². The van der Waals surface area contributed by atoms with Crippen molar-refractivity contribution in [1.82, 2.24) is 10.2 Å². The lowest BCUT2D eigenvalue weighted by atomic mass is 10.1. The van der Waals surface area contributed by atoms with E-state index in [1.807, 2.05) is 24.3 Å². The minimum absolute atomic E-state index is 0.0161. The van der Waals surface area contributed by atoms with Gasteiger partial charge in [0.05, 0.1) is 0 Å². The summed E-state index contributed by atoms with van der Waals surface area (Å²) in [6.07, 6.45) is 4.61. The van der Waals surface area contributed by atoms with E-state index in [1.54, 1.807) is 11.9 Å². The number of urea groups is 1. The molecule has 0 aromatic heterocycles. The molecule has 0 heterocycles. The van der Waals surface area contributed by atoms with Crippen LogP contribution in [0.5, 0.6) is 0 Å². The Hall–Kier alpha value is -1.62. The summed E-state index contributed by atoms with van der Waals surface area (Å²) in [5.74, 6) is 0. The molecule has 0 saturated heterocycles. The van der Waals surface area contributed by atoms with Gasteiger partial charge in [-0.05, 0) is 24.5 Å². The highest BCUT2D eigenvalue weighted by atomic mass is 32.1. The molecule has 0 bridgehead atoms. The molecule has 0 spiro atoms. The molecule has 4 nitrogen and oxygen atoms in total. The van der Waals surface area contributed by atoms with Gasteiger partial charge in [-0.25, -0.2) is 4.79 Å². The number of hydrogen-bond acceptors (Lipinski definition) is 2. The summed E-state index contributed by atoms with van der Waals surface area (Å²) in [5, 5.41) is 3.07. The molecule has 108 valence electrons. The van der Waals surface area contributed by atoms with Gasteiger partial charge in [0.15, 0.2) is 0 Å². The van der Waals surface area contributed by atoms with Crippen LogP contribution < -0.4 is 11.1 Å². The van der Waals surface area contributed by atoms with E-state index in [9.17, 15) is 4.79 Å². The minimum atomic E-state index is -0.0161. The molecule has 0 unspecified atom stereocenters. The molecule has 1 aliphatic carbocycles. The molecule has 1 aromatic carbocycles. The number of rotatable bonds is 4. The van der Waals surface area contributed by atoms with Crippen LogP contribution in [-0.2, 0) is 6.54 Å². The number of nitrogens with two attached hydrogens (primary N) is 1. The van der Waals surface area contributed by atoms with Gasteiger partial charge in [0, 0.05) is 25.2 Å². The first kappa shape index (κ1) is 14.8. The van der Waals surface area contributed by atoms with Crippen LogP contribution in [0.3, 0.4) is 0 Å². The van der Waals surface area contributed by atoms with Crippen molar-refractivity contribution < 1.29 is 4.79 Å².